The van der Waals surface area contributed by atoms with Gasteiger partial charge in [0.05, 0.1) is 0 Å². The number of benzene rings is 2. The molecule has 100 valence electrons. The van der Waals surface area contributed by atoms with Crippen LogP contribution in [0.25, 0.3) is 11.0 Å². The summed E-state index contributed by atoms with van der Waals surface area (Å²) in [7, 11) is 0. The summed E-state index contributed by atoms with van der Waals surface area (Å²) in [5.74, 6) is 0.0835. The van der Waals surface area contributed by atoms with Gasteiger partial charge in [0.25, 0.3) is 5.91 Å². The summed E-state index contributed by atoms with van der Waals surface area (Å²) in [6.07, 6.45) is 2.00. The zero-order chi connectivity index (χ0) is 13.9. The maximum Gasteiger partial charge on any atom is 0.291 e. The summed E-state index contributed by atoms with van der Waals surface area (Å²) in [6.45, 7) is 0. The molecule has 1 amide bonds. The van der Waals surface area contributed by atoms with Gasteiger partial charge < -0.3 is 9.73 Å². The summed E-state index contributed by atoms with van der Waals surface area (Å²) in [5.41, 5.74) is 1.48. The molecule has 3 nitrogen and oxygen atoms in total. The minimum Gasteiger partial charge on any atom is -0.451 e. The molecule has 0 aliphatic carbocycles. The van der Waals surface area contributed by atoms with E-state index in [2.05, 4.69) is 5.32 Å². The zero-order valence-corrected chi connectivity index (χ0v) is 11.7. The predicted molar refractivity (Wildman–Crippen MR) is 82.4 cm³/mol. The minimum absolute atomic E-state index is 0.237. The number of nitrogens with one attached hydrogen (secondary N) is 1. The van der Waals surface area contributed by atoms with Crippen molar-refractivity contribution in [3.05, 3.63) is 60.4 Å². The lowest BCUT2D eigenvalue weighted by molar-refractivity contribution is 0.0998. The van der Waals surface area contributed by atoms with Gasteiger partial charge in [-0.05, 0) is 36.6 Å². The molecule has 0 aliphatic heterocycles. The van der Waals surface area contributed by atoms with Crippen molar-refractivity contribution in [1.82, 2.24) is 0 Å². The summed E-state index contributed by atoms with van der Waals surface area (Å²) in [5, 5.41) is 3.77. The highest BCUT2D eigenvalue weighted by Crippen LogP contribution is 2.22. The normalized spacial score (nSPS) is 10.7. The van der Waals surface area contributed by atoms with Crippen LogP contribution in [0.15, 0.2) is 63.9 Å². The Morgan fingerprint density at radius 2 is 1.95 bits per heavy atom. The van der Waals surface area contributed by atoms with Crippen molar-refractivity contribution < 1.29 is 9.21 Å². The number of amides is 1. The Morgan fingerprint density at radius 3 is 2.75 bits per heavy atom. The fraction of sp³-hybridized carbons (Fsp3) is 0.0625. The van der Waals surface area contributed by atoms with E-state index in [4.69, 9.17) is 4.42 Å². The summed E-state index contributed by atoms with van der Waals surface area (Å²) in [6, 6.07) is 17.0. The van der Waals surface area contributed by atoms with Gasteiger partial charge in [-0.3, -0.25) is 4.79 Å². The first-order chi connectivity index (χ1) is 9.76. The highest BCUT2D eigenvalue weighted by atomic mass is 32.2. The maximum absolute atomic E-state index is 12.2. The van der Waals surface area contributed by atoms with Crippen molar-refractivity contribution in [1.29, 1.82) is 0 Å². The molecule has 0 atom stereocenters. The fourth-order valence-electron chi connectivity index (χ4n) is 1.99. The Labute approximate surface area is 121 Å². The van der Waals surface area contributed by atoms with E-state index in [0.29, 0.717) is 5.76 Å². The molecule has 2 aromatic carbocycles. The van der Waals surface area contributed by atoms with E-state index in [1.54, 1.807) is 17.8 Å². The van der Waals surface area contributed by atoms with Crippen LogP contribution < -0.4 is 5.32 Å². The van der Waals surface area contributed by atoms with Crippen molar-refractivity contribution in [3.8, 4) is 0 Å². The molecule has 0 saturated carbocycles. The first kappa shape index (κ1) is 12.8. The van der Waals surface area contributed by atoms with Crippen LogP contribution in [0.2, 0.25) is 0 Å². The van der Waals surface area contributed by atoms with Crippen molar-refractivity contribution in [2.75, 3.05) is 11.6 Å². The monoisotopic (exact) mass is 283 g/mol. The van der Waals surface area contributed by atoms with Gasteiger partial charge in [-0.2, -0.15) is 0 Å². The van der Waals surface area contributed by atoms with Crippen LogP contribution in [0.3, 0.4) is 0 Å². The Balaban J connectivity index is 1.85. The number of fused-ring (bicyclic) bond motifs is 1. The number of thioether (sulfide) groups is 1. The van der Waals surface area contributed by atoms with Crippen LogP contribution in [0.5, 0.6) is 0 Å². The van der Waals surface area contributed by atoms with Crippen LogP contribution in [-0.2, 0) is 0 Å². The maximum atomic E-state index is 12.2. The fourth-order valence-corrected chi connectivity index (χ4v) is 2.45. The van der Waals surface area contributed by atoms with Crippen LogP contribution in [0.4, 0.5) is 5.69 Å². The molecule has 3 aromatic rings. The Kier molecular flexibility index (Phi) is 3.48. The number of hydrogen-bond donors (Lipinski definition) is 1. The topological polar surface area (TPSA) is 42.2 Å². The van der Waals surface area contributed by atoms with Gasteiger partial charge >= 0.3 is 0 Å². The SMILES string of the molecule is CSc1cccc(NC(=O)c2cc3ccccc3o2)c1. The Hall–Kier alpha value is -2.20. The minimum atomic E-state index is -0.237. The molecule has 0 bridgehead atoms. The number of anilines is 1. The third kappa shape index (κ3) is 2.56. The van der Waals surface area contributed by atoms with Crippen molar-refractivity contribution >= 4 is 34.3 Å². The second-order valence-corrected chi connectivity index (χ2v) is 5.21. The highest BCUT2D eigenvalue weighted by Gasteiger charge is 2.12. The molecule has 20 heavy (non-hydrogen) atoms. The molecule has 3 rings (SSSR count). The Morgan fingerprint density at radius 1 is 1.10 bits per heavy atom. The van der Waals surface area contributed by atoms with E-state index >= 15 is 0 Å². The number of hydrogen-bond acceptors (Lipinski definition) is 3. The summed E-state index contributed by atoms with van der Waals surface area (Å²) >= 11 is 1.63. The second-order valence-electron chi connectivity index (χ2n) is 4.33. The largest absolute Gasteiger partial charge is 0.451 e. The third-order valence-corrected chi connectivity index (χ3v) is 3.70. The van der Waals surface area contributed by atoms with E-state index in [1.165, 1.54) is 0 Å². The zero-order valence-electron chi connectivity index (χ0n) is 10.9. The van der Waals surface area contributed by atoms with E-state index in [0.717, 1.165) is 21.6 Å². The summed E-state index contributed by atoms with van der Waals surface area (Å²) < 4.78 is 5.54. The molecule has 0 fully saturated rings. The van der Waals surface area contributed by atoms with Crippen LogP contribution in [-0.4, -0.2) is 12.2 Å². The number of para-hydroxylation sites is 1. The molecular formula is C16H13NO2S. The molecule has 0 unspecified atom stereocenters. The summed E-state index contributed by atoms with van der Waals surface area (Å²) in [4.78, 5) is 13.3. The van der Waals surface area contributed by atoms with Crippen molar-refractivity contribution in [3.63, 3.8) is 0 Å². The molecule has 1 N–H and O–H groups in total. The van der Waals surface area contributed by atoms with E-state index in [1.807, 2.05) is 54.8 Å². The molecule has 0 spiro atoms. The van der Waals surface area contributed by atoms with Gasteiger partial charge in [0, 0.05) is 16.0 Å². The quantitative estimate of drug-likeness (QED) is 0.724. The van der Waals surface area contributed by atoms with Crippen LogP contribution >= 0.6 is 11.8 Å². The number of furan rings is 1. The lowest BCUT2D eigenvalue weighted by atomic mass is 10.2. The van der Waals surface area contributed by atoms with E-state index in [-0.39, 0.29) is 5.91 Å². The molecular weight excluding hydrogens is 270 g/mol. The number of carbonyl (C=O) groups excluding carboxylic acids is 1. The van der Waals surface area contributed by atoms with Gasteiger partial charge in [-0.15, -0.1) is 11.8 Å². The predicted octanol–water partition coefficient (Wildman–Crippen LogP) is 4.41. The molecule has 4 heteroatoms. The molecule has 0 aliphatic rings. The van der Waals surface area contributed by atoms with Crippen LogP contribution in [0.1, 0.15) is 10.6 Å². The number of carbonyl (C=O) groups is 1. The third-order valence-electron chi connectivity index (χ3n) is 2.98. The average molecular weight is 283 g/mol. The molecule has 0 saturated heterocycles. The van der Waals surface area contributed by atoms with Crippen molar-refractivity contribution in [2.24, 2.45) is 0 Å². The molecule has 1 aromatic heterocycles. The standard InChI is InChI=1S/C16H13NO2S/c1-20-13-7-4-6-12(10-13)17-16(18)15-9-11-5-2-3-8-14(11)19-15/h2-10H,1H3,(H,17,18). The first-order valence-corrected chi connectivity index (χ1v) is 7.43. The lowest BCUT2D eigenvalue weighted by Gasteiger charge is -2.04. The second kappa shape index (κ2) is 5.43. The van der Waals surface area contributed by atoms with Gasteiger partial charge in [-0.1, -0.05) is 24.3 Å². The smallest absolute Gasteiger partial charge is 0.291 e. The highest BCUT2D eigenvalue weighted by molar-refractivity contribution is 7.98. The van der Waals surface area contributed by atoms with E-state index < -0.39 is 0 Å². The first-order valence-electron chi connectivity index (χ1n) is 6.20. The molecule has 0 radical (unpaired) electrons. The van der Waals surface area contributed by atoms with Crippen LogP contribution in [0, 0.1) is 0 Å². The number of rotatable bonds is 3. The van der Waals surface area contributed by atoms with Gasteiger partial charge in [0.15, 0.2) is 5.76 Å². The molecule has 1 heterocycles. The van der Waals surface area contributed by atoms with E-state index in [9.17, 15) is 4.79 Å². The van der Waals surface area contributed by atoms with Gasteiger partial charge in [0.2, 0.25) is 0 Å². The van der Waals surface area contributed by atoms with Gasteiger partial charge in [0.1, 0.15) is 5.58 Å². The lowest BCUT2D eigenvalue weighted by Crippen LogP contribution is -2.10. The Bertz CT molecular complexity index is 731. The van der Waals surface area contributed by atoms with Gasteiger partial charge in [-0.25, -0.2) is 0 Å². The van der Waals surface area contributed by atoms with Crippen molar-refractivity contribution in [2.45, 2.75) is 4.90 Å². The average Bonchev–Trinajstić information content (AvgIpc) is 2.91.